The highest BCUT2D eigenvalue weighted by atomic mass is 79.9. The van der Waals surface area contributed by atoms with Crippen LogP contribution in [0.2, 0.25) is 0 Å². The standard InChI is InChI=1S/C18H23BrN2/c1-3-13(2)18-12-21(9-8-20-18)17-7-5-14-10-16(19)6-4-15(14)11-17/h4-7,10-11,13,18,20H,3,8-9,12H2,1-2H3. The molecule has 1 aliphatic heterocycles. The van der Waals surface area contributed by atoms with Crippen LogP contribution in [0.3, 0.4) is 0 Å². The van der Waals surface area contributed by atoms with E-state index in [1.807, 2.05) is 0 Å². The van der Waals surface area contributed by atoms with Gasteiger partial charge in [0, 0.05) is 35.8 Å². The van der Waals surface area contributed by atoms with Crippen LogP contribution in [0.15, 0.2) is 40.9 Å². The first-order chi connectivity index (χ1) is 10.2. The van der Waals surface area contributed by atoms with Crippen molar-refractivity contribution in [2.45, 2.75) is 26.3 Å². The second-order valence-corrected chi connectivity index (χ2v) is 6.98. The Kier molecular flexibility index (Phi) is 4.51. The van der Waals surface area contributed by atoms with Crippen LogP contribution in [0.5, 0.6) is 0 Å². The molecule has 1 N–H and O–H groups in total. The van der Waals surface area contributed by atoms with Gasteiger partial charge in [-0.1, -0.05) is 48.3 Å². The summed E-state index contributed by atoms with van der Waals surface area (Å²) < 4.78 is 1.14. The van der Waals surface area contributed by atoms with Gasteiger partial charge in [-0.25, -0.2) is 0 Å². The van der Waals surface area contributed by atoms with Crippen LogP contribution in [0.1, 0.15) is 20.3 Å². The van der Waals surface area contributed by atoms with Gasteiger partial charge in [0.1, 0.15) is 0 Å². The van der Waals surface area contributed by atoms with E-state index in [1.165, 1.54) is 22.9 Å². The molecule has 2 unspecified atom stereocenters. The highest BCUT2D eigenvalue weighted by Gasteiger charge is 2.23. The monoisotopic (exact) mass is 346 g/mol. The molecule has 2 aromatic rings. The van der Waals surface area contributed by atoms with Crippen LogP contribution in [0.4, 0.5) is 5.69 Å². The van der Waals surface area contributed by atoms with Crippen molar-refractivity contribution in [1.29, 1.82) is 0 Å². The Labute approximate surface area is 135 Å². The summed E-state index contributed by atoms with van der Waals surface area (Å²) in [5, 5.41) is 6.27. The van der Waals surface area contributed by atoms with Crippen molar-refractivity contribution in [2.75, 3.05) is 24.5 Å². The van der Waals surface area contributed by atoms with E-state index in [1.54, 1.807) is 0 Å². The number of nitrogens with zero attached hydrogens (tertiary/aromatic N) is 1. The van der Waals surface area contributed by atoms with Crippen LogP contribution in [-0.4, -0.2) is 25.7 Å². The van der Waals surface area contributed by atoms with E-state index in [-0.39, 0.29) is 0 Å². The third-order valence-electron chi connectivity index (χ3n) is 4.69. The second-order valence-electron chi connectivity index (χ2n) is 6.07. The SMILES string of the molecule is CCC(C)C1CN(c2ccc3cc(Br)ccc3c2)CCN1. The van der Waals surface area contributed by atoms with Crippen molar-refractivity contribution in [3.63, 3.8) is 0 Å². The van der Waals surface area contributed by atoms with Gasteiger partial charge in [0.05, 0.1) is 0 Å². The lowest BCUT2D eigenvalue weighted by Crippen LogP contribution is -2.53. The maximum absolute atomic E-state index is 3.67. The average Bonchev–Trinajstić information content (AvgIpc) is 2.53. The number of halogens is 1. The van der Waals surface area contributed by atoms with Gasteiger partial charge in [0.15, 0.2) is 0 Å². The molecule has 1 saturated heterocycles. The third kappa shape index (κ3) is 3.24. The lowest BCUT2D eigenvalue weighted by atomic mass is 9.97. The van der Waals surface area contributed by atoms with Crippen molar-refractivity contribution in [1.82, 2.24) is 5.32 Å². The fraction of sp³-hybridized carbons (Fsp3) is 0.444. The summed E-state index contributed by atoms with van der Waals surface area (Å²) in [6.45, 7) is 7.90. The molecular weight excluding hydrogens is 324 g/mol. The molecule has 112 valence electrons. The van der Waals surface area contributed by atoms with E-state index in [0.29, 0.717) is 6.04 Å². The first-order valence-electron chi connectivity index (χ1n) is 7.85. The Morgan fingerprint density at radius 3 is 2.81 bits per heavy atom. The van der Waals surface area contributed by atoms with E-state index in [0.717, 1.165) is 30.0 Å². The molecule has 1 aliphatic rings. The first kappa shape index (κ1) is 14.9. The van der Waals surface area contributed by atoms with Gasteiger partial charge in [-0.05, 0) is 41.0 Å². The van der Waals surface area contributed by atoms with E-state index < -0.39 is 0 Å². The summed E-state index contributed by atoms with van der Waals surface area (Å²) in [6, 6.07) is 13.9. The topological polar surface area (TPSA) is 15.3 Å². The first-order valence-corrected chi connectivity index (χ1v) is 8.64. The van der Waals surface area contributed by atoms with Crippen molar-refractivity contribution in [3.8, 4) is 0 Å². The van der Waals surface area contributed by atoms with Gasteiger partial charge >= 0.3 is 0 Å². The number of piperazine rings is 1. The Balaban J connectivity index is 1.84. The Bertz CT molecular complexity index is 626. The minimum Gasteiger partial charge on any atom is -0.369 e. The summed E-state index contributed by atoms with van der Waals surface area (Å²) >= 11 is 3.54. The van der Waals surface area contributed by atoms with E-state index >= 15 is 0 Å². The number of rotatable bonds is 3. The van der Waals surface area contributed by atoms with Crippen LogP contribution in [-0.2, 0) is 0 Å². The molecule has 0 bridgehead atoms. The molecule has 2 atom stereocenters. The minimum atomic E-state index is 0.601. The number of nitrogens with one attached hydrogen (secondary N) is 1. The normalized spacial score (nSPS) is 20.7. The Morgan fingerprint density at radius 1 is 1.24 bits per heavy atom. The molecule has 1 fully saturated rings. The molecule has 0 radical (unpaired) electrons. The maximum atomic E-state index is 3.67. The molecule has 1 heterocycles. The number of hydrogen-bond donors (Lipinski definition) is 1. The van der Waals surface area contributed by atoms with Crippen molar-refractivity contribution in [3.05, 3.63) is 40.9 Å². The minimum absolute atomic E-state index is 0.601. The molecule has 0 spiro atoms. The fourth-order valence-electron chi connectivity index (χ4n) is 3.08. The third-order valence-corrected chi connectivity index (χ3v) is 5.18. The lowest BCUT2D eigenvalue weighted by molar-refractivity contribution is 0.342. The largest absolute Gasteiger partial charge is 0.369 e. The molecule has 2 aromatic carbocycles. The van der Waals surface area contributed by atoms with E-state index in [9.17, 15) is 0 Å². The van der Waals surface area contributed by atoms with Crippen LogP contribution in [0, 0.1) is 5.92 Å². The highest BCUT2D eigenvalue weighted by Crippen LogP contribution is 2.26. The molecule has 0 aliphatic carbocycles. The molecule has 0 saturated carbocycles. The zero-order valence-corrected chi connectivity index (χ0v) is 14.4. The summed E-state index contributed by atoms with van der Waals surface area (Å²) in [4.78, 5) is 2.52. The van der Waals surface area contributed by atoms with Gasteiger partial charge < -0.3 is 10.2 Å². The quantitative estimate of drug-likeness (QED) is 0.884. The van der Waals surface area contributed by atoms with Crippen molar-refractivity contribution < 1.29 is 0 Å². The van der Waals surface area contributed by atoms with Crippen LogP contribution in [0.25, 0.3) is 10.8 Å². The van der Waals surface area contributed by atoms with Crippen molar-refractivity contribution in [2.24, 2.45) is 5.92 Å². The van der Waals surface area contributed by atoms with Crippen LogP contribution >= 0.6 is 15.9 Å². The number of fused-ring (bicyclic) bond motifs is 1. The molecule has 0 amide bonds. The van der Waals surface area contributed by atoms with Crippen molar-refractivity contribution >= 4 is 32.4 Å². The summed E-state index contributed by atoms with van der Waals surface area (Å²) in [7, 11) is 0. The molecular formula is C18H23BrN2. The Morgan fingerprint density at radius 2 is 2.00 bits per heavy atom. The fourth-order valence-corrected chi connectivity index (χ4v) is 3.46. The number of benzene rings is 2. The summed E-state index contributed by atoms with van der Waals surface area (Å²) in [5.41, 5.74) is 1.35. The van der Waals surface area contributed by atoms with Gasteiger partial charge in [0.25, 0.3) is 0 Å². The highest BCUT2D eigenvalue weighted by molar-refractivity contribution is 9.10. The van der Waals surface area contributed by atoms with Gasteiger partial charge in [0.2, 0.25) is 0 Å². The number of hydrogen-bond acceptors (Lipinski definition) is 2. The predicted molar refractivity (Wildman–Crippen MR) is 95.1 cm³/mol. The van der Waals surface area contributed by atoms with Gasteiger partial charge in [-0.2, -0.15) is 0 Å². The molecule has 3 heteroatoms. The summed E-state index contributed by atoms with van der Waals surface area (Å²) in [5.74, 6) is 0.726. The smallest absolute Gasteiger partial charge is 0.0373 e. The van der Waals surface area contributed by atoms with E-state index in [2.05, 4.69) is 76.4 Å². The summed E-state index contributed by atoms with van der Waals surface area (Å²) in [6.07, 6.45) is 1.23. The number of anilines is 1. The van der Waals surface area contributed by atoms with E-state index in [4.69, 9.17) is 0 Å². The predicted octanol–water partition coefficient (Wildman–Crippen LogP) is 4.43. The lowest BCUT2D eigenvalue weighted by Gasteiger charge is -2.38. The Hall–Kier alpha value is -1.06. The zero-order valence-electron chi connectivity index (χ0n) is 12.8. The molecule has 2 nitrogen and oxygen atoms in total. The molecule has 3 rings (SSSR count). The van der Waals surface area contributed by atoms with Gasteiger partial charge in [-0.15, -0.1) is 0 Å². The second kappa shape index (κ2) is 6.37. The maximum Gasteiger partial charge on any atom is 0.0373 e. The molecule has 21 heavy (non-hydrogen) atoms. The van der Waals surface area contributed by atoms with Crippen LogP contribution < -0.4 is 10.2 Å². The molecule has 0 aromatic heterocycles. The average molecular weight is 347 g/mol. The van der Waals surface area contributed by atoms with Gasteiger partial charge in [-0.3, -0.25) is 0 Å². The zero-order chi connectivity index (χ0) is 14.8.